The van der Waals surface area contributed by atoms with E-state index >= 15 is 0 Å². The lowest BCUT2D eigenvalue weighted by atomic mass is 9.90. The predicted molar refractivity (Wildman–Crippen MR) is 112 cm³/mol. The Hall–Kier alpha value is -3.47. The third-order valence-corrected chi connectivity index (χ3v) is 5.02. The summed E-state index contributed by atoms with van der Waals surface area (Å²) in [6.07, 6.45) is 3.54. The fourth-order valence-corrected chi connectivity index (χ4v) is 3.48. The topological polar surface area (TPSA) is 61.3 Å². The molecule has 0 saturated carbocycles. The Labute approximate surface area is 164 Å². The highest BCUT2D eigenvalue weighted by molar-refractivity contribution is 5.91. The number of hydrogen-bond acceptors (Lipinski definition) is 3. The van der Waals surface area contributed by atoms with Crippen LogP contribution < -0.4 is 10.2 Å². The van der Waals surface area contributed by atoms with Crippen molar-refractivity contribution in [3.05, 3.63) is 90.0 Å². The summed E-state index contributed by atoms with van der Waals surface area (Å²) in [4.78, 5) is 17.8. The van der Waals surface area contributed by atoms with E-state index in [4.69, 9.17) is 4.42 Å². The molecule has 2 heterocycles. The Bertz CT molecular complexity index is 1060. The van der Waals surface area contributed by atoms with Crippen molar-refractivity contribution in [3.63, 3.8) is 0 Å². The molecule has 0 aliphatic heterocycles. The van der Waals surface area contributed by atoms with Gasteiger partial charge < -0.3 is 19.6 Å². The summed E-state index contributed by atoms with van der Waals surface area (Å²) >= 11 is 0. The fourth-order valence-electron chi connectivity index (χ4n) is 3.48. The number of amides is 1. The second kappa shape index (κ2) is 7.64. The molecule has 0 aliphatic rings. The van der Waals surface area contributed by atoms with Crippen molar-refractivity contribution in [2.75, 3.05) is 25.5 Å². The SMILES string of the molecule is CN(C)c1ccc(C(CNC(=O)c2ccco2)c2c[nH]c3ccccc23)cc1. The van der Waals surface area contributed by atoms with Gasteiger partial charge >= 0.3 is 0 Å². The first kappa shape index (κ1) is 17.9. The minimum atomic E-state index is -0.209. The van der Waals surface area contributed by atoms with Crippen LogP contribution in [0.1, 0.15) is 27.6 Å². The summed E-state index contributed by atoms with van der Waals surface area (Å²) in [5.74, 6) is 0.131. The van der Waals surface area contributed by atoms with E-state index < -0.39 is 0 Å². The van der Waals surface area contributed by atoms with Gasteiger partial charge in [-0.2, -0.15) is 0 Å². The quantitative estimate of drug-likeness (QED) is 0.527. The van der Waals surface area contributed by atoms with Crippen molar-refractivity contribution < 1.29 is 9.21 Å². The number of aromatic amines is 1. The van der Waals surface area contributed by atoms with Crippen LogP contribution >= 0.6 is 0 Å². The highest BCUT2D eigenvalue weighted by atomic mass is 16.3. The zero-order valence-electron chi connectivity index (χ0n) is 16.0. The van der Waals surface area contributed by atoms with Crippen LogP contribution in [0.3, 0.4) is 0 Å². The average molecular weight is 373 g/mol. The maximum Gasteiger partial charge on any atom is 0.287 e. The number of H-pyrrole nitrogens is 1. The molecule has 0 radical (unpaired) electrons. The number of benzene rings is 2. The van der Waals surface area contributed by atoms with E-state index in [1.165, 1.54) is 6.26 Å². The number of hydrogen-bond donors (Lipinski definition) is 2. The zero-order valence-corrected chi connectivity index (χ0v) is 16.0. The number of carbonyl (C=O) groups is 1. The first-order valence-electron chi connectivity index (χ1n) is 9.28. The molecule has 1 atom stereocenters. The summed E-state index contributed by atoms with van der Waals surface area (Å²) in [5.41, 5.74) is 4.54. The zero-order chi connectivity index (χ0) is 19.5. The number of anilines is 1. The van der Waals surface area contributed by atoms with E-state index in [0.717, 1.165) is 27.7 Å². The summed E-state index contributed by atoms with van der Waals surface area (Å²) in [6, 6.07) is 20.1. The summed E-state index contributed by atoms with van der Waals surface area (Å²) < 4.78 is 5.21. The van der Waals surface area contributed by atoms with Crippen molar-refractivity contribution in [2.45, 2.75) is 5.92 Å². The number of rotatable bonds is 6. The number of nitrogens with zero attached hydrogens (tertiary/aromatic N) is 1. The van der Waals surface area contributed by atoms with Gasteiger partial charge in [-0.3, -0.25) is 4.79 Å². The molecule has 0 saturated heterocycles. The van der Waals surface area contributed by atoms with E-state index in [1.54, 1.807) is 12.1 Å². The van der Waals surface area contributed by atoms with Gasteiger partial charge in [0.15, 0.2) is 5.76 Å². The fraction of sp³-hybridized carbons (Fsp3) is 0.174. The molecule has 1 amide bonds. The standard InChI is InChI=1S/C23H23N3O2/c1-26(2)17-11-9-16(10-12-17)19(14-25-23(27)22-8-5-13-28-22)20-15-24-21-7-4-3-6-18(20)21/h3-13,15,19,24H,14H2,1-2H3,(H,25,27). The van der Waals surface area contributed by atoms with Gasteiger partial charge in [0.25, 0.3) is 5.91 Å². The first-order valence-corrected chi connectivity index (χ1v) is 9.28. The molecule has 2 N–H and O–H groups in total. The lowest BCUT2D eigenvalue weighted by Gasteiger charge is -2.19. The molecular weight excluding hydrogens is 350 g/mol. The van der Waals surface area contributed by atoms with Crippen molar-refractivity contribution in [1.29, 1.82) is 0 Å². The number of fused-ring (bicyclic) bond motifs is 1. The summed E-state index contributed by atoms with van der Waals surface area (Å²) in [7, 11) is 4.05. The first-order chi connectivity index (χ1) is 13.6. The number of nitrogens with one attached hydrogen (secondary N) is 2. The summed E-state index contributed by atoms with van der Waals surface area (Å²) in [6.45, 7) is 0.475. The molecular formula is C23H23N3O2. The average Bonchev–Trinajstić information content (AvgIpc) is 3.39. The molecule has 2 aromatic heterocycles. The van der Waals surface area contributed by atoms with Crippen molar-refractivity contribution in [2.24, 2.45) is 0 Å². The second-order valence-corrected chi connectivity index (χ2v) is 7.02. The van der Waals surface area contributed by atoms with Crippen LogP contribution in [0.2, 0.25) is 0 Å². The lowest BCUT2D eigenvalue weighted by Crippen LogP contribution is -2.28. The monoisotopic (exact) mass is 373 g/mol. The second-order valence-electron chi connectivity index (χ2n) is 7.02. The molecule has 4 rings (SSSR count). The van der Waals surface area contributed by atoms with Crippen LogP contribution in [-0.4, -0.2) is 31.5 Å². The molecule has 28 heavy (non-hydrogen) atoms. The van der Waals surface area contributed by atoms with Gasteiger partial charge in [0, 0.05) is 49.3 Å². The minimum absolute atomic E-state index is 0.0197. The van der Waals surface area contributed by atoms with Gasteiger partial charge in [-0.25, -0.2) is 0 Å². The third-order valence-electron chi connectivity index (χ3n) is 5.02. The lowest BCUT2D eigenvalue weighted by molar-refractivity contribution is 0.0925. The van der Waals surface area contributed by atoms with Crippen LogP contribution in [0.4, 0.5) is 5.69 Å². The Morgan fingerprint density at radius 2 is 1.86 bits per heavy atom. The predicted octanol–water partition coefficient (Wildman–Crippen LogP) is 4.39. The summed E-state index contributed by atoms with van der Waals surface area (Å²) in [5, 5.41) is 4.18. The van der Waals surface area contributed by atoms with E-state index in [2.05, 4.69) is 51.6 Å². The maximum atomic E-state index is 12.4. The normalized spacial score (nSPS) is 12.1. The molecule has 5 nitrogen and oxygen atoms in total. The van der Waals surface area contributed by atoms with E-state index in [9.17, 15) is 4.79 Å². The van der Waals surface area contributed by atoms with Crippen molar-refractivity contribution in [3.8, 4) is 0 Å². The molecule has 0 fully saturated rings. The highest BCUT2D eigenvalue weighted by Gasteiger charge is 2.20. The van der Waals surface area contributed by atoms with E-state index in [1.807, 2.05) is 32.4 Å². The van der Waals surface area contributed by atoms with Crippen LogP contribution in [0.5, 0.6) is 0 Å². The number of aromatic nitrogens is 1. The minimum Gasteiger partial charge on any atom is -0.459 e. The maximum absolute atomic E-state index is 12.4. The van der Waals surface area contributed by atoms with Gasteiger partial charge in [-0.15, -0.1) is 0 Å². The number of furan rings is 1. The highest BCUT2D eigenvalue weighted by Crippen LogP contribution is 2.31. The van der Waals surface area contributed by atoms with Crippen molar-refractivity contribution in [1.82, 2.24) is 10.3 Å². The van der Waals surface area contributed by atoms with Gasteiger partial charge in [-0.1, -0.05) is 30.3 Å². The molecule has 1 unspecified atom stereocenters. The Balaban J connectivity index is 1.67. The Kier molecular flexibility index (Phi) is 4.89. The molecule has 2 aromatic carbocycles. The van der Waals surface area contributed by atoms with Crippen LogP contribution in [0, 0.1) is 0 Å². The number of carbonyl (C=O) groups excluding carboxylic acids is 1. The number of para-hydroxylation sites is 1. The van der Waals surface area contributed by atoms with Crippen LogP contribution in [0.25, 0.3) is 10.9 Å². The molecule has 0 bridgehead atoms. The molecule has 142 valence electrons. The largest absolute Gasteiger partial charge is 0.459 e. The Morgan fingerprint density at radius 3 is 2.57 bits per heavy atom. The molecule has 4 aromatic rings. The van der Waals surface area contributed by atoms with Gasteiger partial charge in [0.05, 0.1) is 6.26 Å². The van der Waals surface area contributed by atoms with Crippen LogP contribution in [-0.2, 0) is 0 Å². The Morgan fingerprint density at radius 1 is 1.07 bits per heavy atom. The van der Waals surface area contributed by atoms with Crippen LogP contribution in [0.15, 0.2) is 77.5 Å². The molecule has 0 spiro atoms. The molecule has 0 aliphatic carbocycles. The van der Waals surface area contributed by atoms with Crippen molar-refractivity contribution >= 4 is 22.5 Å². The van der Waals surface area contributed by atoms with E-state index in [0.29, 0.717) is 12.3 Å². The van der Waals surface area contributed by atoms with Gasteiger partial charge in [0.2, 0.25) is 0 Å². The smallest absolute Gasteiger partial charge is 0.287 e. The van der Waals surface area contributed by atoms with E-state index in [-0.39, 0.29) is 11.8 Å². The molecule has 5 heteroatoms. The van der Waals surface area contributed by atoms with Gasteiger partial charge in [-0.05, 0) is 41.5 Å². The van der Waals surface area contributed by atoms with Gasteiger partial charge in [0.1, 0.15) is 0 Å². The third kappa shape index (κ3) is 3.51.